The molecular formula is C29H36ClFN5OP. The molecule has 1 aromatic heterocycles. The second-order valence-electron chi connectivity index (χ2n) is 11.1. The van der Waals surface area contributed by atoms with Crippen LogP contribution in [0.2, 0.25) is 5.02 Å². The maximum atomic E-state index is 13.9. The second kappa shape index (κ2) is 11.0. The lowest BCUT2D eigenvalue weighted by molar-refractivity contribution is 0.195. The number of benzene rings is 1. The van der Waals surface area contributed by atoms with Gasteiger partial charge in [0.1, 0.15) is 18.0 Å². The molecule has 6 nitrogen and oxygen atoms in total. The summed E-state index contributed by atoms with van der Waals surface area (Å²) in [5, 5.41) is 7.12. The first kappa shape index (κ1) is 27.1. The highest BCUT2D eigenvalue weighted by Crippen LogP contribution is 2.47. The lowest BCUT2D eigenvalue weighted by Crippen LogP contribution is -2.35. The van der Waals surface area contributed by atoms with Crippen molar-refractivity contribution < 1.29 is 8.96 Å². The summed E-state index contributed by atoms with van der Waals surface area (Å²) in [5.41, 5.74) is 4.04. The number of nitrogens with zero attached hydrogens (tertiary/aromatic N) is 3. The number of nitrogens with one attached hydrogen (secondary N) is 2. The van der Waals surface area contributed by atoms with Crippen LogP contribution >= 0.6 is 18.7 Å². The van der Waals surface area contributed by atoms with Crippen LogP contribution in [0.15, 0.2) is 60.0 Å². The van der Waals surface area contributed by atoms with Gasteiger partial charge in [0.25, 0.3) is 0 Å². The minimum absolute atomic E-state index is 0.306. The Morgan fingerprint density at radius 1 is 1.24 bits per heavy atom. The van der Waals surface area contributed by atoms with Crippen LogP contribution in [0, 0.1) is 11.7 Å². The number of hydrogen-bond acceptors (Lipinski definition) is 6. The molecule has 2 aliphatic carbocycles. The van der Waals surface area contributed by atoms with Crippen molar-refractivity contribution in [2.24, 2.45) is 5.92 Å². The van der Waals surface area contributed by atoms with Gasteiger partial charge in [-0.15, -0.1) is 0 Å². The minimum Gasteiger partial charge on any atom is -0.338 e. The third kappa shape index (κ3) is 6.06. The second-order valence-corrected chi connectivity index (χ2v) is 14.6. The quantitative estimate of drug-likeness (QED) is 0.339. The fourth-order valence-corrected chi connectivity index (χ4v) is 7.18. The van der Waals surface area contributed by atoms with Gasteiger partial charge in [0.05, 0.1) is 11.9 Å². The Bertz CT molecular complexity index is 1350. The predicted octanol–water partition coefficient (Wildman–Crippen LogP) is 7.10. The molecule has 2 N–H and O–H groups in total. The average molecular weight is 556 g/mol. The molecule has 0 spiro atoms. The molecule has 0 radical (unpaired) electrons. The zero-order valence-corrected chi connectivity index (χ0v) is 24.0. The van der Waals surface area contributed by atoms with E-state index in [0.717, 1.165) is 30.5 Å². The molecule has 38 heavy (non-hydrogen) atoms. The van der Waals surface area contributed by atoms with Crippen molar-refractivity contribution in [1.82, 2.24) is 14.9 Å². The van der Waals surface area contributed by atoms with Crippen molar-refractivity contribution in [2.75, 3.05) is 30.5 Å². The number of hydrogen-bond donors (Lipinski definition) is 2. The summed E-state index contributed by atoms with van der Waals surface area (Å²) in [6.45, 7) is 10.6. The van der Waals surface area contributed by atoms with E-state index in [4.69, 9.17) is 11.6 Å². The van der Waals surface area contributed by atoms with E-state index in [1.807, 2.05) is 13.0 Å². The van der Waals surface area contributed by atoms with E-state index in [1.165, 1.54) is 61.7 Å². The Labute approximate surface area is 229 Å². The van der Waals surface area contributed by atoms with Crippen molar-refractivity contribution in [3.8, 4) is 0 Å². The fourth-order valence-electron chi connectivity index (χ4n) is 5.89. The van der Waals surface area contributed by atoms with Gasteiger partial charge >= 0.3 is 0 Å². The molecule has 0 bridgehead atoms. The summed E-state index contributed by atoms with van der Waals surface area (Å²) in [7, 11) is -2.75. The molecule has 9 heteroatoms. The van der Waals surface area contributed by atoms with Gasteiger partial charge in [0, 0.05) is 23.1 Å². The Balaban J connectivity index is 1.31. The van der Waals surface area contributed by atoms with E-state index in [-0.39, 0.29) is 0 Å². The predicted molar refractivity (Wildman–Crippen MR) is 156 cm³/mol. The van der Waals surface area contributed by atoms with Crippen LogP contribution in [0.1, 0.15) is 45.4 Å². The summed E-state index contributed by atoms with van der Waals surface area (Å²) < 4.78 is 26.6. The Morgan fingerprint density at radius 3 is 2.66 bits per heavy atom. The molecule has 0 unspecified atom stereocenters. The first-order chi connectivity index (χ1) is 18.1. The first-order valence-electron chi connectivity index (χ1n) is 13.3. The molecule has 1 saturated carbocycles. The molecule has 2 aromatic rings. The van der Waals surface area contributed by atoms with Gasteiger partial charge in [0.2, 0.25) is 5.95 Å². The van der Waals surface area contributed by atoms with Crippen molar-refractivity contribution in [3.63, 3.8) is 0 Å². The van der Waals surface area contributed by atoms with Gasteiger partial charge in [-0.05, 0) is 107 Å². The third-order valence-electron chi connectivity index (χ3n) is 7.93. The molecule has 3 aliphatic rings. The molecule has 3 atom stereocenters. The number of anilines is 3. The van der Waals surface area contributed by atoms with Gasteiger partial charge in [-0.1, -0.05) is 24.3 Å². The van der Waals surface area contributed by atoms with E-state index in [0.29, 0.717) is 33.8 Å². The van der Waals surface area contributed by atoms with Crippen molar-refractivity contribution in [3.05, 3.63) is 70.8 Å². The standard InChI is InChI=1S/C29H36ClFN5OP/c1-5-19-6-9-23(36-13-12-21-15-26(21)36)10-7-20(19)14-18(2)33-29-32-17-24(30)28(35-29)34-25-11-8-22(31)16-27(25)38(3,4)37/h5,8,11,14,16-17,21,23,26H,1,6-7,9-10,12-13,15H2,2-4H3,(H2,32,33,34,35)/b18-14+/t21-,23+,26+/m0/s1. The van der Waals surface area contributed by atoms with Crippen LogP contribution < -0.4 is 15.9 Å². The average Bonchev–Trinajstić information content (AvgIpc) is 3.57. The molecule has 202 valence electrons. The highest BCUT2D eigenvalue weighted by molar-refractivity contribution is 7.70. The Morgan fingerprint density at radius 2 is 2.00 bits per heavy atom. The maximum Gasteiger partial charge on any atom is 0.228 e. The van der Waals surface area contributed by atoms with Crippen LogP contribution in [-0.4, -0.2) is 46.8 Å². The Hall–Kier alpha value is -2.47. The van der Waals surface area contributed by atoms with E-state index in [1.54, 1.807) is 19.4 Å². The lowest BCUT2D eigenvalue weighted by atomic mass is 10.0. The maximum absolute atomic E-state index is 13.9. The normalized spacial score (nSPS) is 24.1. The molecule has 1 aromatic carbocycles. The largest absolute Gasteiger partial charge is 0.338 e. The number of aromatic nitrogens is 2. The molecule has 0 amide bonds. The van der Waals surface area contributed by atoms with Crippen molar-refractivity contribution in [2.45, 2.75) is 57.5 Å². The van der Waals surface area contributed by atoms with Crippen molar-refractivity contribution >= 4 is 41.5 Å². The summed E-state index contributed by atoms with van der Waals surface area (Å²) in [5.74, 6) is 1.25. The van der Waals surface area contributed by atoms with Gasteiger partial charge in [0.15, 0.2) is 5.82 Å². The zero-order chi connectivity index (χ0) is 27.0. The molecule has 2 fully saturated rings. The molecular weight excluding hydrogens is 520 g/mol. The van der Waals surface area contributed by atoms with Gasteiger partial charge < -0.3 is 15.2 Å². The first-order valence-corrected chi connectivity index (χ1v) is 16.3. The fraction of sp³-hybridized carbons (Fsp3) is 0.448. The van der Waals surface area contributed by atoms with Gasteiger partial charge in [-0.3, -0.25) is 4.90 Å². The SMILES string of the molecule is C=CC1=C(/C=C(\C)Nc2ncc(Cl)c(Nc3ccc(F)cc3P(C)(C)=O)n2)CC[C@H](N2CC[C@H]3C[C@H]32)CC1. The molecule has 1 aliphatic heterocycles. The monoisotopic (exact) mass is 555 g/mol. The number of allylic oxidation sites excluding steroid dienone is 5. The zero-order valence-electron chi connectivity index (χ0n) is 22.3. The topological polar surface area (TPSA) is 70.1 Å². The number of halogens is 2. The van der Waals surface area contributed by atoms with Gasteiger partial charge in [-0.2, -0.15) is 4.98 Å². The summed E-state index contributed by atoms with van der Waals surface area (Å²) in [6, 6.07) is 5.66. The summed E-state index contributed by atoms with van der Waals surface area (Å²) >= 11 is 6.38. The summed E-state index contributed by atoms with van der Waals surface area (Å²) in [6.07, 6.45) is 12.9. The highest BCUT2D eigenvalue weighted by Gasteiger charge is 2.48. The van der Waals surface area contributed by atoms with Gasteiger partial charge in [-0.25, -0.2) is 9.37 Å². The van der Waals surface area contributed by atoms with Crippen molar-refractivity contribution in [1.29, 1.82) is 0 Å². The lowest BCUT2D eigenvalue weighted by Gasteiger charge is -2.28. The number of likely N-dealkylation sites (tertiary alicyclic amines) is 1. The van der Waals surface area contributed by atoms with Crippen LogP contribution in [0.5, 0.6) is 0 Å². The van der Waals surface area contributed by atoms with E-state index < -0.39 is 13.0 Å². The van der Waals surface area contributed by atoms with Crippen LogP contribution in [0.4, 0.5) is 21.8 Å². The van der Waals surface area contributed by atoms with Crippen LogP contribution in [-0.2, 0) is 4.57 Å². The third-order valence-corrected chi connectivity index (χ3v) is 9.73. The van der Waals surface area contributed by atoms with E-state index in [9.17, 15) is 8.96 Å². The van der Waals surface area contributed by atoms with E-state index in [2.05, 4.69) is 38.2 Å². The smallest absolute Gasteiger partial charge is 0.228 e. The van der Waals surface area contributed by atoms with E-state index >= 15 is 0 Å². The molecule has 5 rings (SSSR count). The number of rotatable bonds is 8. The minimum atomic E-state index is -2.75. The molecule has 2 heterocycles. The number of fused-ring (bicyclic) bond motifs is 1. The summed E-state index contributed by atoms with van der Waals surface area (Å²) in [4.78, 5) is 11.7. The highest BCUT2D eigenvalue weighted by atomic mass is 35.5. The van der Waals surface area contributed by atoms with Crippen LogP contribution in [0.3, 0.4) is 0 Å². The molecule has 1 saturated heterocycles. The Kier molecular flexibility index (Phi) is 7.82. The van der Waals surface area contributed by atoms with Crippen LogP contribution in [0.25, 0.3) is 0 Å². The number of piperidine rings is 1.